The van der Waals surface area contributed by atoms with Crippen LogP contribution < -0.4 is 5.73 Å². The van der Waals surface area contributed by atoms with Crippen molar-refractivity contribution in [2.45, 2.75) is 38.8 Å². The lowest BCUT2D eigenvalue weighted by atomic mass is 10.1. The molecule has 1 rings (SSSR count). The van der Waals surface area contributed by atoms with Crippen LogP contribution in [0.3, 0.4) is 0 Å². The Morgan fingerprint density at radius 1 is 1.43 bits per heavy atom. The molecule has 0 aromatic rings. The zero-order chi connectivity index (χ0) is 10.6. The van der Waals surface area contributed by atoms with Gasteiger partial charge in [0.1, 0.15) is 0 Å². The highest BCUT2D eigenvalue weighted by atomic mass is 16.5. The first-order valence-electron chi connectivity index (χ1n) is 5.63. The summed E-state index contributed by atoms with van der Waals surface area (Å²) in [5, 5.41) is 0. The summed E-state index contributed by atoms with van der Waals surface area (Å²) in [5.74, 6) is 0.908. The van der Waals surface area contributed by atoms with Crippen LogP contribution in [0, 0.1) is 5.92 Å². The van der Waals surface area contributed by atoms with E-state index < -0.39 is 0 Å². The normalized spacial score (nSPS) is 21.2. The summed E-state index contributed by atoms with van der Waals surface area (Å²) < 4.78 is 5.12. The molecule has 1 aliphatic rings. The molecular formula is C11H24N2O. The molecule has 3 heteroatoms. The molecule has 0 bridgehead atoms. The van der Waals surface area contributed by atoms with Crippen LogP contribution in [0.5, 0.6) is 0 Å². The van der Waals surface area contributed by atoms with Gasteiger partial charge in [-0.05, 0) is 32.6 Å². The highest BCUT2D eigenvalue weighted by molar-refractivity contribution is 4.86. The van der Waals surface area contributed by atoms with Crippen LogP contribution in [0.2, 0.25) is 0 Å². The largest absolute Gasteiger partial charge is 0.383 e. The summed E-state index contributed by atoms with van der Waals surface area (Å²) in [4.78, 5) is 2.46. The van der Waals surface area contributed by atoms with Crippen LogP contribution >= 0.6 is 0 Å². The van der Waals surface area contributed by atoms with Crippen molar-refractivity contribution in [3.63, 3.8) is 0 Å². The summed E-state index contributed by atoms with van der Waals surface area (Å²) in [6, 6.07) is 0.934. The van der Waals surface area contributed by atoms with Gasteiger partial charge in [-0.3, -0.25) is 4.90 Å². The van der Waals surface area contributed by atoms with Crippen molar-refractivity contribution in [3.05, 3.63) is 0 Å². The number of methoxy groups -OCH3 is 1. The minimum Gasteiger partial charge on any atom is -0.383 e. The van der Waals surface area contributed by atoms with Gasteiger partial charge in [0.25, 0.3) is 0 Å². The summed E-state index contributed by atoms with van der Waals surface area (Å²) in [6.07, 6.45) is 2.78. The Morgan fingerprint density at radius 2 is 2.07 bits per heavy atom. The van der Waals surface area contributed by atoms with Gasteiger partial charge in [-0.2, -0.15) is 0 Å². The van der Waals surface area contributed by atoms with E-state index in [-0.39, 0.29) is 6.04 Å². The molecule has 3 nitrogen and oxygen atoms in total. The number of hydrogen-bond donors (Lipinski definition) is 1. The summed E-state index contributed by atoms with van der Waals surface area (Å²) in [7, 11) is 1.76. The molecule has 1 saturated carbocycles. The molecule has 0 amide bonds. The topological polar surface area (TPSA) is 38.5 Å². The van der Waals surface area contributed by atoms with Crippen molar-refractivity contribution >= 4 is 0 Å². The Kier molecular flexibility index (Phi) is 4.85. The molecule has 1 fully saturated rings. The van der Waals surface area contributed by atoms with E-state index in [0.717, 1.165) is 25.6 Å². The third-order valence-electron chi connectivity index (χ3n) is 2.99. The maximum Gasteiger partial charge on any atom is 0.0589 e. The molecule has 1 aliphatic carbocycles. The van der Waals surface area contributed by atoms with Gasteiger partial charge in [-0.15, -0.1) is 0 Å². The van der Waals surface area contributed by atoms with Crippen molar-refractivity contribution < 1.29 is 4.74 Å². The van der Waals surface area contributed by atoms with Crippen LogP contribution in [0.15, 0.2) is 0 Å². The van der Waals surface area contributed by atoms with Crippen molar-refractivity contribution in [3.8, 4) is 0 Å². The van der Waals surface area contributed by atoms with Gasteiger partial charge < -0.3 is 10.5 Å². The van der Waals surface area contributed by atoms with Crippen LogP contribution in [-0.4, -0.2) is 43.8 Å². The van der Waals surface area contributed by atoms with Gasteiger partial charge in [-0.1, -0.05) is 0 Å². The Bertz CT molecular complexity index is 157. The summed E-state index contributed by atoms with van der Waals surface area (Å²) in [6.45, 7) is 7.19. The second-order valence-corrected chi connectivity index (χ2v) is 4.54. The molecular weight excluding hydrogens is 176 g/mol. The molecule has 0 spiro atoms. The Morgan fingerprint density at radius 3 is 2.50 bits per heavy atom. The second-order valence-electron chi connectivity index (χ2n) is 4.54. The number of rotatable bonds is 7. The van der Waals surface area contributed by atoms with E-state index in [1.54, 1.807) is 7.11 Å². The number of hydrogen-bond acceptors (Lipinski definition) is 3. The minimum absolute atomic E-state index is 0.257. The Balaban J connectivity index is 2.33. The fourth-order valence-electron chi connectivity index (χ4n) is 1.92. The third-order valence-corrected chi connectivity index (χ3v) is 2.99. The highest BCUT2D eigenvalue weighted by Crippen LogP contribution is 2.34. The monoisotopic (exact) mass is 200 g/mol. The van der Waals surface area contributed by atoms with Crippen molar-refractivity contribution in [2.24, 2.45) is 11.7 Å². The smallest absolute Gasteiger partial charge is 0.0589 e. The predicted molar refractivity (Wildman–Crippen MR) is 59.3 cm³/mol. The predicted octanol–water partition coefficient (Wildman–Crippen LogP) is 1.08. The SMILES string of the molecule is COCCN(CC(C)N)C(C)C1CC1. The van der Waals surface area contributed by atoms with Gasteiger partial charge in [0.05, 0.1) is 6.61 Å². The van der Waals surface area contributed by atoms with Crippen molar-refractivity contribution in [1.82, 2.24) is 4.90 Å². The van der Waals surface area contributed by atoms with E-state index in [0.29, 0.717) is 6.04 Å². The minimum atomic E-state index is 0.257. The fraction of sp³-hybridized carbons (Fsp3) is 1.00. The van der Waals surface area contributed by atoms with Gasteiger partial charge >= 0.3 is 0 Å². The molecule has 0 radical (unpaired) electrons. The Labute approximate surface area is 87.6 Å². The molecule has 0 saturated heterocycles. The van der Waals surface area contributed by atoms with Gasteiger partial charge in [-0.25, -0.2) is 0 Å². The lowest BCUT2D eigenvalue weighted by Gasteiger charge is -2.30. The van der Waals surface area contributed by atoms with E-state index in [1.165, 1.54) is 12.8 Å². The van der Waals surface area contributed by atoms with Gasteiger partial charge in [0, 0.05) is 32.3 Å². The van der Waals surface area contributed by atoms with E-state index in [2.05, 4.69) is 18.7 Å². The average molecular weight is 200 g/mol. The molecule has 84 valence electrons. The maximum atomic E-state index is 5.84. The van der Waals surface area contributed by atoms with E-state index in [9.17, 15) is 0 Å². The standard InChI is InChI=1S/C11H24N2O/c1-9(12)8-13(6-7-14-3)10(2)11-4-5-11/h9-11H,4-8,12H2,1-3H3. The zero-order valence-corrected chi connectivity index (χ0v) is 9.70. The van der Waals surface area contributed by atoms with Crippen LogP contribution in [-0.2, 0) is 4.74 Å². The van der Waals surface area contributed by atoms with E-state index >= 15 is 0 Å². The molecule has 0 heterocycles. The van der Waals surface area contributed by atoms with Crippen molar-refractivity contribution in [1.29, 1.82) is 0 Å². The molecule has 2 unspecified atom stereocenters. The van der Waals surface area contributed by atoms with Crippen LogP contribution in [0.25, 0.3) is 0 Å². The van der Waals surface area contributed by atoms with Crippen LogP contribution in [0.4, 0.5) is 0 Å². The molecule has 14 heavy (non-hydrogen) atoms. The van der Waals surface area contributed by atoms with Gasteiger partial charge in [0.2, 0.25) is 0 Å². The Hall–Kier alpha value is -0.120. The highest BCUT2D eigenvalue weighted by Gasteiger charge is 2.31. The summed E-state index contributed by atoms with van der Waals surface area (Å²) in [5.41, 5.74) is 5.84. The van der Waals surface area contributed by atoms with Gasteiger partial charge in [0.15, 0.2) is 0 Å². The first-order valence-corrected chi connectivity index (χ1v) is 5.63. The quantitative estimate of drug-likeness (QED) is 0.668. The first kappa shape index (κ1) is 12.0. The molecule has 2 N–H and O–H groups in total. The van der Waals surface area contributed by atoms with E-state index in [1.807, 2.05) is 0 Å². The molecule has 0 aromatic heterocycles. The lowest BCUT2D eigenvalue weighted by Crippen LogP contribution is -2.43. The number of nitrogens with two attached hydrogens (primary N) is 1. The average Bonchev–Trinajstić information content (AvgIpc) is 2.93. The summed E-state index contributed by atoms with van der Waals surface area (Å²) >= 11 is 0. The van der Waals surface area contributed by atoms with Crippen LogP contribution in [0.1, 0.15) is 26.7 Å². The zero-order valence-electron chi connectivity index (χ0n) is 9.70. The molecule has 2 atom stereocenters. The second kappa shape index (κ2) is 5.69. The first-order chi connectivity index (χ1) is 6.65. The number of ether oxygens (including phenoxy) is 1. The third kappa shape index (κ3) is 3.95. The lowest BCUT2D eigenvalue weighted by molar-refractivity contribution is 0.113. The maximum absolute atomic E-state index is 5.84. The fourth-order valence-corrected chi connectivity index (χ4v) is 1.92. The van der Waals surface area contributed by atoms with Crippen molar-refractivity contribution in [2.75, 3.05) is 26.8 Å². The number of nitrogens with zero attached hydrogens (tertiary/aromatic N) is 1. The van der Waals surface area contributed by atoms with E-state index in [4.69, 9.17) is 10.5 Å². The molecule has 0 aromatic carbocycles. The molecule has 0 aliphatic heterocycles.